The Kier molecular flexibility index (Phi) is 13.4. The standard InChI is InChI=1S/C16H34O4S/c1-2-3-4-5-6-7-8-9-10-11-12-13-14-15-16(17)21(18,19)20/h16-17H,2-15H2,1H3,(H,18,19,20)/t16-/m0/s1. The number of hydrogen-bond acceptors (Lipinski definition) is 3. The van der Waals surface area contributed by atoms with E-state index < -0.39 is 15.6 Å². The molecule has 4 nitrogen and oxygen atoms in total. The predicted octanol–water partition coefficient (Wildman–Crippen LogP) is 4.67. The molecule has 0 aliphatic carbocycles. The summed E-state index contributed by atoms with van der Waals surface area (Å²) in [6, 6.07) is 0. The third-order valence-electron chi connectivity index (χ3n) is 3.90. The van der Waals surface area contributed by atoms with Gasteiger partial charge in [0.15, 0.2) is 5.44 Å². The molecular weight excluding hydrogens is 288 g/mol. The maximum atomic E-state index is 10.6. The highest BCUT2D eigenvalue weighted by Crippen LogP contribution is 2.14. The van der Waals surface area contributed by atoms with Gasteiger partial charge in [0.05, 0.1) is 0 Å². The highest BCUT2D eigenvalue weighted by molar-refractivity contribution is 7.86. The molecule has 0 aliphatic rings. The summed E-state index contributed by atoms with van der Waals surface area (Å²) < 4.78 is 29.8. The molecule has 0 aromatic rings. The first-order valence-electron chi connectivity index (χ1n) is 8.63. The van der Waals surface area contributed by atoms with Gasteiger partial charge in [0.2, 0.25) is 0 Å². The molecule has 0 saturated carbocycles. The lowest BCUT2D eigenvalue weighted by Gasteiger charge is -2.06. The van der Waals surface area contributed by atoms with Crippen LogP contribution in [0.3, 0.4) is 0 Å². The van der Waals surface area contributed by atoms with Crippen molar-refractivity contribution in [3.63, 3.8) is 0 Å². The van der Waals surface area contributed by atoms with Crippen LogP contribution in [-0.4, -0.2) is 23.5 Å². The molecule has 0 spiro atoms. The molecule has 0 radical (unpaired) electrons. The zero-order chi connectivity index (χ0) is 16.0. The number of hydrogen-bond donors (Lipinski definition) is 2. The van der Waals surface area contributed by atoms with E-state index in [2.05, 4.69) is 6.92 Å². The zero-order valence-corrected chi connectivity index (χ0v) is 14.4. The van der Waals surface area contributed by atoms with Crippen LogP contribution in [0.2, 0.25) is 0 Å². The molecule has 0 aromatic carbocycles. The van der Waals surface area contributed by atoms with E-state index in [1.165, 1.54) is 64.2 Å². The van der Waals surface area contributed by atoms with Crippen LogP contribution in [0.4, 0.5) is 0 Å². The monoisotopic (exact) mass is 322 g/mol. The van der Waals surface area contributed by atoms with E-state index in [1.54, 1.807) is 0 Å². The maximum absolute atomic E-state index is 10.6. The molecule has 0 unspecified atom stereocenters. The molecule has 0 aromatic heterocycles. The lowest BCUT2D eigenvalue weighted by molar-refractivity contribution is 0.219. The van der Waals surface area contributed by atoms with Crippen molar-refractivity contribution in [1.82, 2.24) is 0 Å². The third-order valence-corrected chi connectivity index (χ3v) is 4.82. The molecule has 2 N–H and O–H groups in total. The summed E-state index contributed by atoms with van der Waals surface area (Å²) in [7, 11) is -4.26. The minimum Gasteiger partial charge on any atom is -0.375 e. The smallest absolute Gasteiger partial charge is 0.291 e. The molecule has 128 valence electrons. The van der Waals surface area contributed by atoms with E-state index in [1.807, 2.05) is 0 Å². The van der Waals surface area contributed by atoms with Crippen LogP contribution in [0.5, 0.6) is 0 Å². The molecular formula is C16H34O4S. The first-order valence-corrected chi connectivity index (χ1v) is 10.1. The molecule has 0 saturated heterocycles. The molecule has 0 rings (SSSR count). The number of unbranched alkanes of at least 4 members (excludes halogenated alkanes) is 12. The fourth-order valence-corrected chi connectivity index (χ4v) is 2.95. The summed E-state index contributed by atoms with van der Waals surface area (Å²) in [6.07, 6.45) is 16.0. The van der Waals surface area contributed by atoms with Crippen molar-refractivity contribution < 1.29 is 18.1 Å². The van der Waals surface area contributed by atoms with Gasteiger partial charge in [-0.3, -0.25) is 4.55 Å². The van der Waals surface area contributed by atoms with Gasteiger partial charge in [0.1, 0.15) is 0 Å². The van der Waals surface area contributed by atoms with Crippen molar-refractivity contribution in [2.24, 2.45) is 0 Å². The highest BCUT2D eigenvalue weighted by atomic mass is 32.2. The van der Waals surface area contributed by atoms with E-state index in [0.29, 0.717) is 6.42 Å². The van der Waals surface area contributed by atoms with Crippen LogP contribution in [0.25, 0.3) is 0 Å². The van der Waals surface area contributed by atoms with Crippen LogP contribution >= 0.6 is 0 Å². The van der Waals surface area contributed by atoms with E-state index in [9.17, 15) is 8.42 Å². The molecule has 1 atom stereocenters. The van der Waals surface area contributed by atoms with Gasteiger partial charge >= 0.3 is 0 Å². The average molecular weight is 323 g/mol. The summed E-state index contributed by atoms with van der Waals surface area (Å²) >= 11 is 0. The predicted molar refractivity (Wildman–Crippen MR) is 87.9 cm³/mol. The fraction of sp³-hybridized carbons (Fsp3) is 1.00. The van der Waals surface area contributed by atoms with Crippen LogP contribution in [0.1, 0.15) is 96.8 Å². The number of aliphatic hydroxyl groups is 1. The molecule has 5 heteroatoms. The highest BCUT2D eigenvalue weighted by Gasteiger charge is 2.18. The maximum Gasteiger partial charge on any atom is 0.291 e. The van der Waals surface area contributed by atoms with Gasteiger partial charge in [0.25, 0.3) is 10.1 Å². The molecule has 0 fully saturated rings. The van der Waals surface area contributed by atoms with Gasteiger partial charge in [-0.15, -0.1) is 0 Å². The minimum atomic E-state index is -4.26. The first-order chi connectivity index (χ1) is 9.98. The van der Waals surface area contributed by atoms with E-state index in [-0.39, 0.29) is 6.42 Å². The van der Waals surface area contributed by atoms with E-state index in [0.717, 1.165) is 12.8 Å². The van der Waals surface area contributed by atoms with Crippen LogP contribution in [0.15, 0.2) is 0 Å². The van der Waals surface area contributed by atoms with Crippen molar-refractivity contribution >= 4 is 10.1 Å². The first kappa shape index (κ1) is 20.9. The van der Waals surface area contributed by atoms with Crippen molar-refractivity contribution in [2.45, 2.75) is 102 Å². The van der Waals surface area contributed by atoms with Gasteiger partial charge in [-0.05, 0) is 12.8 Å². The molecule has 0 aliphatic heterocycles. The summed E-state index contributed by atoms with van der Waals surface area (Å²) in [5.74, 6) is 0. The van der Waals surface area contributed by atoms with Crippen LogP contribution in [-0.2, 0) is 10.1 Å². The van der Waals surface area contributed by atoms with Crippen molar-refractivity contribution in [2.75, 3.05) is 0 Å². The Morgan fingerprint density at radius 1 is 0.714 bits per heavy atom. The Morgan fingerprint density at radius 2 is 1.05 bits per heavy atom. The van der Waals surface area contributed by atoms with Crippen molar-refractivity contribution in [1.29, 1.82) is 0 Å². The largest absolute Gasteiger partial charge is 0.375 e. The Morgan fingerprint density at radius 3 is 1.38 bits per heavy atom. The van der Waals surface area contributed by atoms with Gasteiger partial charge in [-0.25, -0.2) is 0 Å². The van der Waals surface area contributed by atoms with Gasteiger partial charge in [0, 0.05) is 0 Å². The molecule has 0 amide bonds. The van der Waals surface area contributed by atoms with Crippen LogP contribution < -0.4 is 0 Å². The zero-order valence-electron chi connectivity index (χ0n) is 13.6. The molecule has 0 bridgehead atoms. The summed E-state index contributed by atoms with van der Waals surface area (Å²) in [6.45, 7) is 2.24. The number of rotatable bonds is 15. The van der Waals surface area contributed by atoms with Crippen LogP contribution in [0, 0.1) is 0 Å². The Bertz CT molecular complexity index is 314. The fourth-order valence-electron chi connectivity index (χ4n) is 2.49. The quantitative estimate of drug-likeness (QED) is 0.339. The second-order valence-corrected chi connectivity index (χ2v) is 7.58. The number of aliphatic hydroxyl groups excluding tert-OH is 1. The van der Waals surface area contributed by atoms with Crippen molar-refractivity contribution in [3.05, 3.63) is 0 Å². The Labute approximate surface area is 131 Å². The van der Waals surface area contributed by atoms with Gasteiger partial charge < -0.3 is 5.11 Å². The summed E-state index contributed by atoms with van der Waals surface area (Å²) in [5.41, 5.74) is -1.61. The molecule has 21 heavy (non-hydrogen) atoms. The van der Waals surface area contributed by atoms with Crippen molar-refractivity contribution in [3.8, 4) is 0 Å². The third kappa shape index (κ3) is 14.6. The Hall–Kier alpha value is -0.130. The second-order valence-electron chi connectivity index (χ2n) is 6.00. The second kappa shape index (κ2) is 13.5. The molecule has 0 heterocycles. The average Bonchev–Trinajstić information content (AvgIpc) is 2.42. The topological polar surface area (TPSA) is 74.6 Å². The van der Waals surface area contributed by atoms with E-state index in [4.69, 9.17) is 9.66 Å². The SMILES string of the molecule is CCCCCCCCCCCCCCC[C@@H](O)S(=O)(=O)O. The lowest BCUT2D eigenvalue weighted by Crippen LogP contribution is -2.19. The summed E-state index contributed by atoms with van der Waals surface area (Å²) in [4.78, 5) is 0. The van der Waals surface area contributed by atoms with Gasteiger partial charge in [-0.2, -0.15) is 8.42 Å². The minimum absolute atomic E-state index is 0.136. The Balaban J connectivity index is 3.16. The summed E-state index contributed by atoms with van der Waals surface area (Å²) in [5, 5.41) is 9.12. The lowest BCUT2D eigenvalue weighted by atomic mass is 10.0. The van der Waals surface area contributed by atoms with E-state index >= 15 is 0 Å². The normalized spacial score (nSPS) is 13.5. The van der Waals surface area contributed by atoms with Gasteiger partial charge in [-0.1, -0.05) is 84.0 Å².